The molecule has 0 fully saturated rings. The van der Waals surface area contributed by atoms with Gasteiger partial charge in [0.25, 0.3) is 0 Å². The van der Waals surface area contributed by atoms with Crippen LogP contribution in [0.15, 0.2) is 43.0 Å². The van der Waals surface area contributed by atoms with Crippen molar-refractivity contribution in [1.82, 2.24) is 0 Å². The van der Waals surface area contributed by atoms with Gasteiger partial charge in [-0.15, -0.1) is 0 Å². The topological polar surface area (TPSA) is 26.0 Å². The van der Waals surface area contributed by atoms with Crippen LogP contribution in [0.5, 0.6) is 0 Å². The maximum Gasteiger partial charge on any atom is -0.00367 e. The fourth-order valence-corrected chi connectivity index (χ4v) is 1.43. The van der Waals surface area contributed by atoms with E-state index in [1.807, 2.05) is 13.0 Å². The van der Waals surface area contributed by atoms with Crippen LogP contribution >= 0.6 is 0 Å². The van der Waals surface area contributed by atoms with Crippen LogP contribution in [0.3, 0.4) is 0 Å². The molecule has 0 unspecified atom stereocenters. The Morgan fingerprint density at radius 2 is 2.00 bits per heavy atom. The summed E-state index contributed by atoms with van der Waals surface area (Å²) in [5.41, 5.74) is 9.15. The quantitative estimate of drug-likeness (QED) is 0.721. The molecule has 0 saturated carbocycles. The van der Waals surface area contributed by atoms with E-state index in [2.05, 4.69) is 36.9 Å². The minimum absolute atomic E-state index is 0.706. The van der Waals surface area contributed by atoms with Crippen LogP contribution in [0.2, 0.25) is 0 Å². The summed E-state index contributed by atoms with van der Waals surface area (Å²) >= 11 is 0. The maximum absolute atomic E-state index is 5.48. The van der Waals surface area contributed by atoms with Gasteiger partial charge in [-0.2, -0.15) is 0 Å². The molecule has 14 heavy (non-hydrogen) atoms. The van der Waals surface area contributed by atoms with E-state index in [1.54, 1.807) is 0 Å². The zero-order chi connectivity index (χ0) is 10.4. The number of benzene rings is 1. The Bertz CT molecular complexity index is 320. The molecule has 0 spiro atoms. The Hall–Kier alpha value is -1.34. The molecule has 0 aliphatic rings. The van der Waals surface area contributed by atoms with Gasteiger partial charge in [0.15, 0.2) is 0 Å². The molecule has 1 aromatic rings. The monoisotopic (exact) mass is 187 g/mol. The molecule has 2 N–H and O–H groups in total. The molecule has 0 aliphatic heterocycles. The van der Waals surface area contributed by atoms with E-state index < -0.39 is 0 Å². The van der Waals surface area contributed by atoms with Crippen molar-refractivity contribution in [3.63, 3.8) is 0 Å². The second kappa shape index (κ2) is 5.40. The molecule has 0 aliphatic carbocycles. The van der Waals surface area contributed by atoms with Crippen LogP contribution in [0.4, 0.5) is 0 Å². The maximum atomic E-state index is 5.48. The van der Waals surface area contributed by atoms with Crippen molar-refractivity contribution in [3.05, 3.63) is 54.1 Å². The average molecular weight is 187 g/mol. The molecule has 1 aromatic carbocycles. The highest BCUT2D eigenvalue weighted by Gasteiger charge is 1.96. The summed E-state index contributed by atoms with van der Waals surface area (Å²) in [7, 11) is 0. The van der Waals surface area contributed by atoms with E-state index in [0.29, 0.717) is 6.54 Å². The van der Waals surface area contributed by atoms with E-state index in [9.17, 15) is 0 Å². The van der Waals surface area contributed by atoms with Crippen molar-refractivity contribution in [1.29, 1.82) is 0 Å². The third-order valence-electron chi connectivity index (χ3n) is 2.25. The fourth-order valence-electron chi connectivity index (χ4n) is 1.43. The third kappa shape index (κ3) is 2.57. The minimum atomic E-state index is 0.706. The van der Waals surface area contributed by atoms with Crippen LogP contribution in [0, 0.1) is 0 Å². The molecule has 0 bridgehead atoms. The standard InChI is InChI=1S/C13H17N/c1-3-12(4-2)13-7-5-11(6-8-13)9-10-14/h3-8H,1,9-10,14H2,2H3/b12-4+. The summed E-state index contributed by atoms with van der Waals surface area (Å²) in [5, 5.41) is 0. The molecular weight excluding hydrogens is 170 g/mol. The van der Waals surface area contributed by atoms with Crippen LogP contribution in [-0.2, 0) is 6.42 Å². The van der Waals surface area contributed by atoms with Gasteiger partial charge in [0.2, 0.25) is 0 Å². The van der Waals surface area contributed by atoms with Gasteiger partial charge in [0.1, 0.15) is 0 Å². The molecule has 74 valence electrons. The van der Waals surface area contributed by atoms with Crippen LogP contribution < -0.4 is 5.73 Å². The highest BCUT2D eigenvalue weighted by Crippen LogP contribution is 2.15. The van der Waals surface area contributed by atoms with Crippen LogP contribution in [0.1, 0.15) is 18.1 Å². The van der Waals surface area contributed by atoms with E-state index in [0.717, 1.165) is 6.42 Å². The van der Waals surface area contributed by atoms with Crippen molar-refractivity contribution < 1.29 is 0 Å². The normalized spacial score (nSPS) is 11.4. The van der Waals surface area contributed by atoms with E-state index in [1.165, 1.54) is 16.7 Å². The number of rotatable bonds is 4. The minimum Gasteiger partial charge on any atom is -0.330 e. The highest BCUT2D eigenvalue weighted by molar-refractivity contribution is 5.73. The van der Waals surface area contributed by atoms with Gasteiger partial charge in [0.05, 0.1) is 0 Å². The molecule has 0 aromatic heterocycles. The predicted molar refractivity (Wildman–Crippen MR) is 63.0 cm³/mol. The Morgan fingerprint density at radius 3 is 2.43 bits per heavy atom. The van der Waals surface area contributed by atoms with Gasteiger partial charge < -0.3 is 5.73 Å². The van der Waals surface area contributed by atoms with E-state index in [-0.39, 0.29) is 0 Å². The molecule has 0 amide bonds. The molecular formula is C13H17N. The largest absolute Gasteiger partial charge is 0.330 e. The lowest BCUT2D eigenvalue weighted by atomic mass is 10.0. The van der Waals surface area contributed by atoms with Gasteiger partial charge in [-0.1, -0.05) is 43.0 Å². The van der Waals surface area contributed by atoms with Gasteiger partial charge in [-0.3, -0.25) is 0 Å². The summed E-state index contributed by atoms with van der Waals surface area (Å²) in [6, 6.07) is 8.47. The number of hydrogen-bond acceptors (Lipinski definition) is 1. The van der Waals surface area contributed by atoms with Gasteiger partial charge in [0, 0.05) is 0 Å². The molecule has 0 atom stereocenters. The Labute approximate surface area is 85.9 Å². The Balaban J connectivity index is 2.87. The van der Waals surface area contributed by atoms with Crippen molar-refractivity contribution >= 4 is 5.57 Å². The third-order valence-corrected chi connectivity index (χ3v) is 2.25. The second-order valence-corrected chi connectivity index (χ2v) is 3.18. The van der Waals surface area contributed by atoms with Gasteiger partial charge in [-0.25, -0.2) is 0 Å². The number of nitrogens with two attached hydrogens (primary N) is 1. The number of hydrogen-bond donors (Lipinski definition) is 1. The lowest BCUT2D eigenvalue weighted by Crippen LogP contribution is -2.02. The lowest BCUT2D eigenvalue weighted by molar-refractivity contribution is 0.968. The van der Waals surface area contributed by atoms with Crippen molar-refractivity contribution in [3.8, 4) is 0 Å². The van der Waals surface area contributed by atoms with E-state index in [4.69, 9.17) is 5.73 Å². The molecule has 0 saturated heterocycles. The van der Waals surface area contributed by atoms with E-state index >= 15 is 0 Å². The number of allylic oxidation sites excluding steroid dienone is 3. The Kier molecular flexibility index (Phi) is 4.14. The van der Waals surface area contributed by atoms with Crippen molar-refractivity contribution in [2.75, 3.05) is 6.54 Å². The SMILES string of the molecule is C=C/C(=C\C)c1ccc(CCN)cc1. The molecule has 0 radical (unpaired) electrons. The zero-order valence-corrected chi connectivity index (χ0v) is 8.66. The lowest BCUT2D eigenvalue weighted by Gasteiger charge is -2.03. The summed E-state index contributed by atoms with van der Waals surface area (Å²) in [5.74, 6) is 0. The first kappa shape index (κ1) is 10.7. The van der Waals surface area contributed by atoms with Crippen molar-refractivity contribution in [2.45, 2.75) is 13.3 Å². The zero-order valence-electron chi connectivity index (χ0n) is 8.66. The van der Waals surface area contributed by atoms with Gasteiger partial charge >= 0.3 is 0 Å². The first-order valence-corrected chi connectivity index (χ1v) is 4.90. The smallest absolute Gasteiger partial charge is 0.00367 e. The highest BCUT2D eigenvalue weighted by atomic mass is 14.5. The Morgan fingerprint density at radius 1 is 1.36 bits per heavy atom. The average Bonchev–Trinajstić information content (AvgIpc) is 2.23. The second-order valence-electron chi connectivity index (χ2n) is 3.18. The summed E-state index contributed by atoms with van der Waals surface area (Å²) in [6.45, 7) is 6.50. The molecule has 1 nitrogen and oxygen atoms in total. The van der Waals surface area contributed by atoms with Gasteiger partial charge in [-0.05, 0) is 36.6 Å². The van der Waals surface area contributed by atoms with Crippen molar-refractivity contribution in [2.24, 2.45) is 5.73 Å². The first-order valence-electron chi connectivity index (χ1n) is 4.90. The summed E-state index contributed by atoms with van der Waals surface area (Å²) in [6.07, 6.45) is 4.88. The first-order chi connectivity index (χ1) is 6.81. The molecule has 1 heteroatoms. The van der Waals surface area contributed by atoms with Crippen LogP contribution in [-0.4, -0.2) is 6.54 Å². The fraction of sp³-hybridized carbons (Fsp3) is 0.231. The van der Waals surface area contributed by atoms with Crippen LogP contribution in [0.25, 0.3) is 5.57 Å². The summed E-state index contributed by atoms with van der Waals surface area (Å²) in [4.78, 5) is 0. The summed E-state index contributed by atoms with van der Waals surface area (Å²) < 4.78 is 0. The molecule has 1 rings (SSSR count). The molecule has 0 heterocycles. The predicted octanol–water partition coefficient (Wildman–Crippen LogP) is 2.78.